The van der Waals surface area contributed by atoms with Gasteiger partial charge in [0.1, 0.15) is 6.04 Å². The Bertz CT molecular complexity index is 224. The van der Waals surface area contributed by atoms with E-state index in [-0.39, 0.29) is 6.04 Å². The number of hydrogen-bond donors (Lipinski definition) is 1. The first kappa shape index (κ1) is 7.19. The molecule has 0 aliphatic carbocycles. The van der Waals surface area contributed by atoms with Crippen molar-refractivity contribution in [2.24, 2.45) is 0 Å². The number of rotatable bonds is 2. The Labute approximate surface area is 63.3 Å². The quantitative estimate of drug-likeness (QED) is 0.687. The molecular weight excluding hydrogens is 146 g/mol. The Kier molecular flexibility index (Phi) is 2.37. The molecule has 0 amide bonds. The Morgan fingerprint density at radius 2 is 2.70 bits per heavy atom. The van der Waals surface area contributed by atoms with Crippen LogP contribution in [0, 0.1) is 11.3 Å². The van der Waals surface area contributed by atoms with Crippen LogP contribution in [0.3, 0.4) is 0 Å². The van der Waals surface area contributed by atoms with E-state index in [0.717, 1.165) is 4.88 Å². The van der Waals surface area contributed by atoms with E-state index >= 15 is 0 Å². The van der Waals surface area contributed by atoms with Gasteiger partial charge < -0.3 is 5.32 Å². The fourth-order valence-corrected chi connectivity index (χ4v) is 1.31. The molecule has 0 aliphatic heterocycles. The molecule has 1 heterocycles. The first-order valence-corrected chi connectivity index (χ1v) is 3.71. The molecule has 52 valence electrons. The highest BCUT2D eigenvalue weighted by atomic mass is 32.1. The average Bonchev–Trinajstić information content (AvgIpc) is 2.43. The lowest BCUT2D eigenvalue weighted by molar-refractivity contribution is 0.738. The van der Waals surface area contributed by atoms with Gasteiger partial charge in [0, 0.05) is 6.20 Å². The zero-order valence-corrected chi connectivity index (χ0v) is 6.35. The maximum absolute atomic E-state index is 8.56. The molecule has 0 saturated heterocycles. The second-order valence-electron chi connectivity index (χ2n) is 1.75. The number of nitriles is 1. The molecule has 0 spiro atoms. The van der Waals surface area contributed by atoms with E-state index in [9.17, 15) is 0 Å². The van der Waals surface area contributed by atoms with Gasteiger partial charge in [0.05, 0.1) is 16.5 Å². The molecular formula is C6H7N3S. The Morgan fingerprint density at radius 3 is 3.10 bits per heavy atom. The monoisotopic (exact) mass is 153 g/mol. The summed E-state index contributed by atoms with van der Waals surface area (Å²) in [5, 5.41) is 11.4. The maximum atomic E-state index is 8.56. The third-order valence-electron chi connectivity index (χ3n) is 1.15. The molecule has 1 N–H and O–H groups in total. The highest BCUT2D eigenvalue weighted by molar-refractivity contribution is 7.09. The third-order valence-corrected chi connectivity index (χ3v) is 1.99. The summed E-state index contributed by atoms with van der Waals surface area (Å²) in [5.41, 5.74) is 1.72. The number of hydrogen-bond acceptors (Lipinski definition) is 4. The van der Waals surface area contributed by atoms with Crippen molar-refractivity contribution in [3.63, 3.8) is 0 Å². The predicted molar refractivity (Wildman–Crippen MR) is 39.5 cm³/mol. The van der Waals surface area contributed by atoms with Crippen molar-refractivity contribution < 1.29 is 0 Å². The molecule has 10 heavy (non-hydrogen) atoms. The maximum Gasteiger partial charge on any atom is 0.131 e. The molecule has 0 fully saturated rings. The van der Waals surface area contributed by atoms with Crippen LogP contribution in [0.15, 0.2) is 11.7 Å². The van der Waals surface area contributed by atoms with Crippen LogP contribution in [0.1, 0.15) is 10.9 Å². The topological polar surface area (TPSA) is 48.7 Å². The summed E-state index contributed by atoms with van der Waals surface area (Å²) in [6.07, 6.45) is 1.70. The van der Waals surface area contributed by atoms with Gasteiger partial charge in [0.2, 0.25) is 0 Å². The average molecular weight is 153 g/mol. The summed E-state index contributed by atoms with van der Waals surface area (Å²) in [5.74, 6) is 0. The van der Waals surface area contributed by atoms with Crippen molar-refractivity contribution in [1.29, 1.82) is 5.26 Å². The van der Waals surface area contributed by atoms with Crippen LogP contribution < -0.4 is 5.32 Å². The SMILES string of the molecule is CNC(C#N)c1cncs1. The molecule has 1 aromatic heterocycles. The molecule has 0 radical (unpaired) electrons. The van der Waals surface area contributed by atoms with Crippen LogP contribution in [0.2, 0.25) is 0 Å². The second-order valence-corrected chi connectivity index (χ2v) is 2.67. The van der Waals surface area contributed by atoms with Crippen LogP contribution in [-0.4, -0.2) is 12.0 Å². The second kappa shape index (κ2) is 3.30. The van der Waals surface area contributed by atoms with E-state index in [4.69, 9.17) is 5.26 Å². The van der Waals surface area contributed by atoms with Crippen molar-refractivity contribution in [1.82, 2.24) is 10.3 Å². The highest BCUT2D eigenvalue weighted by Crippen LogP contribution is 2.14. The normalized spacial score (nSPS) is 12.4. The van der Waals surface area contributed by atoms with Gasteiger partial charge in [0.25, 0.3) is 0 Å². The smallest absolute Gasteiger partial charge is 0.131 e. The van der Waals surface area contributed by atoms with Crippen LogP contribution in [-0.2, 0) is 0 Å². The van der Waals surface area contributed by atoms with Gasteiger partial charge in [-0.3, -0.25) is 4.98 Å². The molecule has 1 rings (SSSR count). The summed E-state index contributed by atoms with van der Waals surface area (Å²) >= 11 is 1.48. The number of thiazole rings is 1. The minimum atomic E-state index is -0.201. The van der Waals surface area contributed by atoms with Gasteiger partial charge in [-0.2, -0.15) is 5.26 Å². The van der Waals surface area contributed by atoms with Gasteiger partial charge in [-0.05, 0) is 7.05 Å². The van der Waals surface area contributed by atoms with Gasteiger partial charge in [-0.25, -0.2) is 0 Å². The molecule has 1 atom stereocenters. The number of nitrogens with zero attached hydrogens (tertiary/aromatic N) is 2. The van der Waals surface area contributed by atoms with Gasteiger partial charge >= 0.3 is 0 Å². The molecule has 0 saturated carbocycles. The van der Waals surface area contributed by atoms with E-state index in [1.54, 1.807) is 18.8 Å². The summed E-state index contributed by atoms with van der Waals surface area (Å²) in [6.45, 7) is 0. The lowest BCUT2D eigenvalue weighted by Gasteiger charge is -2.00. The first-order valence-electron chi connectivity index (χ1n) is 2.83. The standard InChI is InChI=1S/C6H7N3S/c1-8-5(2-7)6-3-9-4-10-6/h3-5,8H,1H3. The molecule has 1 unspecified atom stereocenters. The third kappa shape index (κ3) is 1.32. The van der Waals surface area contributed by atoms with E-state index < -0.39 is 0 Å². The molecule has 0 bridgehead atoms. The van der Waals surface area contributed by atoms with E-state index in [0.29, 0.717) is 0 Å². The van der Waals surface area contributed by atoms with Crippen LogP contribution in [0.4, 0.5) is 0 Å². The zero-order valence-electron chi connectivity index (χ0n) is 5.53. The highest BCUT2D eigenvalue weighted by Gasteiger charge is 2.07. The summed E-state index contributed by atoms with van der Waals surface area (Å²) in [4.78, 5) is 4.83. The van der Waals surface area contributed by atoms with Crippen LogP contribution in [0.5, 0.6) is 0 Å². The van der Waals surface area contributed by atoms with Gasteiger partial charge in [-0.15, -0.1) is 11.3 Å². The zero-order chi connectivity index (χ0) is 7.40. The van der Waals surface area contributed by atoms with Crippen molar-refractivity contribution in [3.05, 3.63) is 16.6 Å². The van der Waals surface area contributed by atoms with E-state index in [1.807, 2.05) is 0 Å². The fraction of sp³-hybridized carbons (Fsp3) is 0.333. The Morgan fingerprint density at radius 1 is 1.90 bits per heavy atom. The molecule has 0 aromatic carbocycles. The lowest BCUT2D eigenvalue weighted by atomic mass is 10.3. The van der Waals surface area contributed by atoms with Crippen LogP contribution >= 0.6 is 11.3 Å². The van der Waals surface area contributed by atoms with Crippen molar-refractivity contribution in [3.8, 4) is 6.07 Å². The van der Waals surface area contributed by atoms with E-state index in [2.05, 4.69) is 16.4 Å². The van der Waals surface area contributed by atoms with Crippen molar-refractivity contribution in [2.75, 3.05) is 7.05 Å². The number of nitrogens with one attached hydrogen (secondary N) is 1. The molecule has 3 nitrogen and oxygen atoms in total. The summed E-state index contributed by atoms with van der Waals surface area (Å²) in [7, 11) is 1.76. The largest absolute Gasteiger partial charge is 0.301 e. The van der Waals surface area contributed by atoms with Crippen LogP contribution in [0.25, 0.3) is 0 Å². The molecule has 4 heteroatoms. The van der Waals surface area contributed by atoms with Crippen molar-refractivity contribution in [2.45, 2.75) is 6.04 Å². The summed E-state index contributed by atoms with van der Waals surface area (Å²) < 4.78 is 0. The van der Waals surface area contributed by atoms with E-state index in [1.165, 1.54) is 11.3 Å². The minimum Gasteiger partial charge on any atom is -0.301 e. The van der Waals surface area contributed by atoms with Crippen molar-refractivity contribution >= 4 is 11.3 Å². The molecule has 0 aliphatic rings. The predicted octanol–water partition coefficient (Wildman–Crippen LogP) is 0.927. The fourth-order valence-electron chi connectivity index (χ4n) is 0.639. The Balaban J connectivity index is 2.76. The van der Waals surface area contributed by atoms with Gasteiger partial charge in [-0.1, -0.05) is 0 Å². The summed E-state index contributed by atoms with van der Waals surface area (Å²) in [6, 6.07) is 1.91. The number of aromatic nitrogens is 1. The minimum absolute atomic E-state index is 0.201. The first-order chi connectivity index (χ1) is 4.88. The Hall–Kier alpha value is -0.920. The molecule has 1 aromatic rings. The lowest BCUT2D eigenvalue weighted by Crippen LogP contribution is -2.12. The van der Waals surface area contributed by atoms with Gasteiger partial charge in [0.15, 0.2) is 0 Å².